The van der Waals surface area contributed by atoms with Crippen LogP contribution in [0.15, 0.2) is 53.8 Å². The van der Waals surface area contributed by atoms with Gasteiger partial charge in [-0.05, 0) is 12.1 Å². The number of thioether (sulfide) groups is 4. The predicted molar refractivity (Wildman–Crippen MR) is 124 cm³/mol. The van der Waals surface area contributed by atoms with E-state index in [9.17, 15) is 0 Å². The highest BCUT2D eigenvalue weighted by Crippen LogP contribution is 2.33. The van der Waals surface area contributed by atoms with Crippen LogP contribution in [0.2, 0.25) is 0 Å². The number of fused-ring (bicyclic) bond motifs is 8. The number of hydrogen-bond donors (Lipinski definition) is 0. The van der Waals surface area contributed by atoms with Crippen molar-refractivity contribution in [3.05, 3.63) is 59.2 Å². The zero-order valence-corrected chi connectivity index (χ0v) is 20.4. The van der Waals surface area contributed by atoms with Crippen molar-refractivity contribution in [2.45, 2.75) is 40.4 Å². The lowest BCUT2D eigenvalue weighted by Gasteiger charge is -1.98. The van der Waals surface area contributed by atoms with Gasteiger partial charge in [0.2, 0.25) is 0 Å². The van der Waals surface area contributed by atoms with E-state index in [-0.39, 0.29) is 0 Å². The maximum atomic E-state index is 4.34. The third kappa shape index (κ3) is 5.54. The average Bonchev–Trinajstić information content (AvgIpc) is 3.43. The van der Waals surface area contributed by atoms with E-state index in [1.54, 1.807) is 69.7 Å². The second-order valence-electron chi connectivity index (χ2n) is 6.22. The third-order valence-corrected chi connectivity index (χ3v) is 10.6. The zero-order valence-electron chi connectivity index (χ0n) is 15.5. The molecule has 12 heteroatoms. The summed E-state index contributed by atoms with van der Waals surface area (Å²) in [6.45, 7) is 0. The molecule has 0 aromatic carbocycles. The number of pyridine rings is 2. The Hall–Kier alpha value is -1.18. The van der Waals surface area contributed by atoms with Gasteiger partial charge in [-0.2, -0.15) is 0 Å². The molecule has 1 aliphatic heterocycles. The maximum Gasteiger partial charge on any atom is 0.190 e. The normalized spacial score (nSPS) is 14.9. The van der Waals surface area contributed by atoms with E-state index in [0.717, 1.165) is 40.4 Å². The molecule has 0 aliphatic carbocycles. The highest BCUT2D eigenvalue weighted by Gasteiger charge is 2.15. The van der Waals surface area contributed by atoms with Crippen molar-refractivity contribution in [1.82, 2.24) is 20.4 Å². The van der Waals surface area contributed by atoms with Gasteiger partial charge in [0.05, 0.1) is 23.0 Å². The van der Waals surface area contributed by atoms with Gasteiger partial charge in [-0.3, -0.25) is 0 Å². The first-order chi connectivity index (χ1) is 14.8. The van der Waals surface area contributed by atoms with E-state index in [0.29, 0.717) is 0 Å². The van der Waals surface area contributed by atoms with Crippen molar-refractivity contribution < 1.29 is 9.97 Å². The van der Waals surface area contributed by atoms with E-state index in [1.807, 2.05) is 0 Å². The molecular formula is C18H16N6S6+2. The van der Waals surface area contributed by atoms with Gasteiger partial charge < -0.3 is 0 Å². The van der Waals surface area contributed by atoms with Crippen LogP contribution >= 0.6 is 69.7 Å². The van der Waals surface area contributed by atoms with Gasteiger partial charge in [0.15, 0.2) is 40.1 Å². The van der Waals surface area contributed by atoms with Gasteiger partial charge in [-0.1, -0.05) is 69.7 Å². The monoisotopic (exact) mass is 508 g/mol. The minimum atomic E-state index is 0.841. The molecule has 0 fully saturated rings. The molecule has 6 nitrogen and oxygen atoms in total. The molecule has 30 heavy (non-hydrogen) atoms. The van der Waals surface area contributed by atoms with E-state index in [2.05, 4.69) is 66.8 Å². The van der Waals surface area contributed by atoms with Gasteiger partial charge in [0, 0.05) is 24.3 Å². The zero-order chi connectivity index (χ0) is 20.2. The maximum absolute atomic E-state index is 4.34. The standard InChI is InChI=1S/C18H14N6S6/c1-3-11-7-25-15-21-23-17(29-15)27-9-13-5-2-6-14(20-13)10-28-18-24-22-16(30-18)26-8-12(4-1)19-11/h1-6H,7-10H2/p+2. The number of nitrogens with zero attached hydrogens (tertiary/aromatic N) is 4. The van der Waals surface area contributed by atoms with Gasteiger partial charge in [-0.15, -0.1) is 20.4 Å². The van der Waals surface area contributed by atoms with Gasteiger partial charge >= 0.3 is 0 Å². The number of aromatic amines is 2. The second-order valence-corrected chi connectivity index (χ2v) is 13.1. The van der Waals surface area contributed by atoms with Gasteiger partial charge in [0.1, 0.15) is 0 Å². The van der Waals surface area contributed by atoms with Crippen molar-refractivity contribution in [2.75, 3.05) is 0 Å². The fourth-order valence-electron chi connectivity index (χ4n) is 2.66. The molecule has 0 radical (unpaired) electrons. The summed E-state index contributed by atoms with van der Waals surface area (Å²) in [5.41, 5.74) is 4.71. The largest absolute Gasteiger partial charge is 0.211 e. The van der Waals surface area contributed by atoms with Crippen LogP contribution in [0, 0.1) is 0 Å². The fourth-order valence-corrected chi connectivity index (χ4v) is 8.39. The van der Waals surface area contributed by atoms with Gasteiger partial charge in [0.25, 0.3) is 0 Å². The summed E-state index contributed by atoms with van der Waals surface area (Å²) in [6.07, 6.45) is 0. The highest BCUT2D eigenvalue weighted by molar-refractivity contribution is 8.03. The SMILES string of the molecule is c1cc2[nH+]c(c1)CSc1nnc(s1)SCc1cccc([nH+]1)CSc1nnc(s1)SC2. The molecule has 0 atom stereocenters. The van der Waals surface area contributed by atoms with Gasteiger partial charge in [-0.25, -0.2) is 9.97 Å². The number of aromatic nitrogens is 6. The average molecular weight is 509 g/mol. The molecule has 0 unspecified atom stereocenters. The number of hydrogen-bond acceptors (Lipinski definition) is 10. The van der Waals surface area contributed by atoms with Crippen molar-refractivity contribution in [3.8, 4) is 0 Å². The Balaban J connectivity index is 1.38. The predicted octanol–water partition coefficient (Wildman–Crippen LogP) is 4.50. The summed E-state index contributed by atoms with van der Waals surface area (Å²) < 4.78 is 3.98. The Kier molecular flexibility index (Phi) is 6.88. The molecule has 152 valence electrons. The minimum absolute atomic E-state index is 0.841. The molecule has 5 heterocycles. The minimum Gasteiger partial charge on any atom is -0.211 e. The van der Waals surface area contributed by atoms with Crippen LogP contribution in [0.3, 0.4) is 0 Å². The summed E-state index contributed by atoms with van der Waals surface area (Å²) in [4.78, 5) is 7.06. The Bertz CT molecular complexity index is 980. The van der Waals surface area contributed by atoms with Crippen LogP contribution in [0.5, 0.6) is 0 Å². The lowest BCUT2D eigenvalue weighted by molar-refractivity contribution is -0.398. The quantitative estimate of drug-likeness (QED) is 0.343. The summed E-state index contributed by atoms with van der Waals surface area (Å²) in [7, 11) is 0. The van der Waals surface area contributed by atoms with E-state index in [4.69, 9.17) is 0 Å². The molecule has 1 aliphatic rings. The number of nitrogens with one attached hydrogen (secondary N) is 2. The highest BCUT2D eigenvalue weighted by atomic mass is 32.2. The summed E-state index contributed by atoms with van der Waals surface area (Å²) in [5, 5.41) is 17.4. The topological polar surface area (TPSA) is 79.8 Å². The van der Waals surface area contributed by atoms with Crippen molar-refractivity contribution in [1.29, 1.82) is 0 Å². The Morgan fingerprint density at radius 2 is 0.800 bits per heavy atom. The van der Waals surface area contributed by atoms with Crippen molar-refractivity contribution in [3.63, 3.8) is 0 Å². The Morgan fingerprint density at radius 1 is 0.500 bits per heavy atom. The lowest BCUT2D eigenvalue weighted by atomic mass is 10.3. The van der Waals surface area contributed by atoms with E-state index < -0.39 is 0 Å². The van der Waals surface area contributed by atoms with Crippen LogP contribution in [0.1, 0.15) is 22.8 Å². The van der Waals surface area contributed by atoms with E-state index >= 15 is 0 Å². The molecule has 4 aromatic rings. The van der Waals surface area contributed by atoms with Crippen molar-refractivity contribution >= 4 is 69.7 Å². The fraction of sp³-hybridized carbons (Fsp3) is 0.222. The first-order valence-electron chi connectivity index (χ1n) is 8.98. The lowest BCUT2D eigenvalue weighted by Crippen LogP contribution is -2.15. The first-order valence-corrected chi connectivity index (χ1v) is 14.6. The van der Waals surface area contributed by atoms with Crippen LogP contribution in [0.4, 0.5) is 0 Å². The van der Waals surface area contributed by atoms with E-state index in [1.165, 1.54) is 22.8 Å². The molecule has 8 bridgehead atoms. The summed E-state index contributed by atoms with van der Waals surface area (Å²) in [5.74, 6) is 3.36. The smallest absolute Gasteiger partial charge is 0.190 e. The van der Waals surface area contributed by atoms with Crippen molar-refractivity contribution in [2.24, 2.45) is 0 Å². The molecule has 0 saturated heterocycles. The van der Waals surface area contributed by atoms with Crippen LogP contribution < -0.4 is 9.97 Å². The number of rotatable bonds is 0. The molecular weight excluding hydrogens is 493 g/mol. The summed E-state index contributed by atoms with van der Waals surface area (Å²) in [6, 6.07) is 12.7. The molecule has 5 rings (SSSR count). The Labute approximate surface area is 198 Å². The molecule has 2 N–H and O–H groups in total. The second kappa shape index (κ2) is 9.96. The van der Waals surface area contributed by atoms with Crippen LogP contribution in [-0.4, -0.2) is 20.4 Å². The van der Waals surface area contributed by atoms with Crippen LogP contribution in [-0.2, 0) is 23.0 Å². The molecule has 0 saturated carbocycles. The Morgan fingerprint density at radius 3 is 1.10 bits per heavy atom. The van der Waals surface area contributed by atoms with Crippen LogP contribution in [0.25, 0.3) is 0 Å². The molecule has 4 aromatic heterocycles. The molecule has 0 spiro atoms. The first kappa shape index (κ1) is 20.7. The number of H-pyrrole nitrogens is 2. The third-order valence-electron chi connectivity index (χ3n) is 4.01. The summed E-state index contributed by atoms with van der Waals surface area (Å²) >= 11 is 10.2. The molecule has 0 amide bonds.